The molecule has 2 aliphatic carbocycles. The number of aromatic nitrogens is 1. The first kappa shape index (κ1) is 18.7. The van der Waals surface area contributed by atoms with Gasteiger partial charge in [-0.1, -0.05) is 18.6 Å². The predicted octanol–water partition coefficient (Wildman–Crippen LogP) is 2.81. The molecule has 0 radical (unpaired) electrons. The molecule has 3 atom stereocenters. The van der Waals surface area contributed by atoms with Gasteiger partial charge in [-0.25, -0.2) is 8.42 Å². The smallest absolute Gasteiger partial charge is 0.262 e. The molecule has 2 aromatic rings. The average Bonchev–Trinajstić information content (AvgIpc) is 3.31. The number of rotatable bonds is 6. The number of pyridine rings is 1. The SMILES string of the molecule is COc1cncc(NS(=O)(=O)c2ccccc2C(=O)NC2CC3CC[C@H]2C3)c1. The largest absolute Gasteiger partial charge is 0.495 e. The molecule has 28 heavy (non-hydrogen) atoms. The van der Waals surface area contributed by atoms with Gasteiger partial charge < -0.3 is 10.1 Å². The fraction of sp³-hybridized carbons (Fsp3) is 0.400. The van der Waals surface area contributed by atoms with Gasteiger partial charge in [0.25, 0.3) is 15.9 Å². The number of amides is 1. The van der Waals surface area contributed by atoms with E-state index in [9.17, 15) is 13.2 Å². The van der Waals surface area contributed by atoms with Crippen LogP contribution in [0, 0.1) is 11.8 Å². The Morgan fingerprint density at radius 1 is 1.18 bits per heavy atom. The van der Waals surface area contributed by atoms with Crippen molar-refractivity contribution in [1.29, 1.82) is 0 Å². The van der Waals surface area contributed by atoms with Crippen molar-refractivity contribution in [1.82, 2.24) is 10.3 Å². The number of carbonyl (C=O) groups is 1. The number of nitrogens with one attached hydrogen (secondary N) is 2. The lowest BCUT2D eigenvalue weighted by atomic mass is 9.95. The number of fused-ring (bicyclic) bond motifs is 2. The first-order valence-electron chi connectivity index (χ1n) is 9.38. The third kappa shape index (κ3) is 3.69. The molecule has 2 aliphatic rings. The quantitative estimate of drug-likeness (QED) is 0.776. The third-order valence-corrected chi connectivity index (χ3v) is 7.12. The molecule has 1 amide bonds. The highest BCUT2D eigenvalue weighted by Gasteiger charge is 2.40. The van der Waals surface area contributed by atoms with Crippen molar-refractivity contribution in [2.75, 3.05) is 11.8 Å². The van der Waals surface area contributed by atoms with Crippen molar-refractivity contribution < 1.29 is 17.9 Å². The maximum absolute atomic E-state index is 12.9. The summed E-state index contributed by atoms with van der Waals surface area (Å²) in [5.41, 5.74) is 0.413. The summed E-state index contributed by atoms with van der Waals surface area (Å²) < 4.78 is 33.4. The zero-order chi connectivity index (χ0) is 19.7. The molecule has 1 aromatic carbocycles. The number of hydrogen-bond acceptors (Lipinski definition) is 5. The molecule has 2 fully saturated rings. The number of carbonyl (C=O) groups excluding carboxylic acids is 1. The summed E-state index contributed by atoms with van der Waals surface area (Å²) in [6, 6.07) is 7.92. The van der Waals surface area contributed by atoms with Gasteiger partial charge in [-0.3, -0.25) is 14.5 Å². The molecule has 0 aliphatic heterocycles. The summed E-state index contributed by atoms with van der Waals surface area (Å²) in [7, 11) is -2.49. The van der Waals surface area contributed by atoms with Gasteiger partial charge in [0.1, 0.15) is 10.6 Å². The highest BCUT2D eigenvalue weighted by molar-refractivity contribution is 7.92. The molecule has 8 heteroatoms. The van der Waals surface area contributed by atoms with Crippen molar-refractivity contribution in [3.8, 4) is 5.75 Å². The van der Waals surface area contributed by atoms with Gasteiger partial charge in [-0.2, -0.15) is 0 Å². The molecule has 2 unspecified atom stereocenters. The van der Waals surface area contributed by atoms with Crippen molar-refractivity contribution in [2.24, 2.45) is 11.8 Å². The summed E-state index contributed by atoms with van der Waals surface area (Å²) in [6.45, 7) is 0. The van der Waals surface area contributed by atoms with Crippen LogP contribution in [0.3, 0.4) is 0 Å². The average molecular weight is 401 g/mol. The van der Waals surface area contributed by atoms with Crippen LogP contribution >= 0.6 is 0 Å². The van der Waals surface area contributed by atoms with Crippen molar-refractivity contribution in [3.05, 3.63) is 48.3 Å². The van der Waals surface area contributed by atoms with Gasteiger partial charge >= 0.3 is 0 Å². The molecule has 4 rings (SSSR count). The molecule has 0 saturated heterocycles. The second-order valence-corrected chi connectivity index (χ2v) is 9.12. The zero-order valence-electron chi connectivity index (χ0n) is 15.6. The lowest BCUT2D eigenvalue weighted by Crippen LogP contribution is -2.39. The minimum absolute atomic E-state index is 0.0570. The number of nitrogens with zero attached hydrogens (tertiary/aromatic N) is 1. The topological polar surface area (TPSA) is 97.4 Å². The minimum atomic E-state index is -3.96. The Hall–Kier alpha value is -2.61. The molecule has 1 heterocycles. The fourth-order valence-corrected chi connectivity index (χ4v) is 5.59. The van der Waals surface area contributed by atoms with Gasteiger partial charge in [0.2, 0.25) is 0 Å². The molecule has 148 valence electrons. The third-order valence-electron chi connectivity index (χ3n) is 5.68. The van der Waals surface area contributed by atoms with E-state index in [4.69, 9.17) is 4.74 Å². The van der Waals surface area contributed by atoms with Crippen LogP contribution in [0.2, 0.25) is 0 Å². The summed E-state index contributed by atoms with van der Waals surface area (Å²) in [5, 5.41) is 3.06. The maximum atomic E-state index is 12.9. The Morgan fingerprint density at radius 2 is 2.00 bits per heavy atom. The van der Waals surface area contributed by atoms with E-state index in [1.165, 1.54) is 38.1 Å². The molecule has 2 saturated carbocycles. The van der Waals surface area contributed by atoms with Crippen LogP contribution in [0.15, 0.2) is 47.6 Å². The first-order chi connectivity index (χ1) is 13.5. The monoisotopic (exact) mass is 401 g/mol. The van der Waals surface area contributed by atoms with Gasteiger partial charge in [0.05, 0.1) is 30.8 Å². The summed E-state index contributed by atoms with van der Waals surface area (Å²) >= 11 is 0. The summed E-state index contributed by atoms with van der Waals surface area (Å²) in [6.07, 6.45) is 7.39. The minimum Gasteiger partial charge on any atom is -0.495 e. The number of hydrogen-bond donors (Lipinski definition) is 2. The highest BCUT2D eigenvalue weighted by atomic mass is 32.2. The van der Waals surface area contributed by atoms with Crippen molar-refractivity contribution in [3.63, 3.8) is 0 Å². The van der Waals surface area contributed by atoms with E-state index < -0.39 is 10.0 Å². The molecular formula is C20H23N3O4S. The molecule has 7 nitrogen and oxygen atoms in total. The standard InChI is InChI=1S/C20H23N3O4S/c1-27-16-10-15(11-21-12-16)23-28(25,26)19-5-3-2-4-17(19)20(24)22-18-9-13-6-7-14(18)8-13/h2-5,10-14,18,23H,6-9H2,1H3,(H,22,24)/t13?,14-,18?/m0/s1. The lowest BCUT2D eigenvalue weighted by molar-refractivity contribution is 0.0919. The van der Waals surface area contributed by atoms with E-state index in [2.05, 4.69) is 15.0 Å². The predicted molar refractivity (Wildman–Crippen MR) is 105 cm³/mol. The van der Waals surface area contributed by atoms with Crippen LogP contribution in [0.5, 0.6) is 5.75 Å². The van der Waals surface area contributed by atoms with Crippen LogP contribution < -0.4 is 14.8 Å². The Kier molecular flexibility index (Phi) is 4.97. The second-order valence-electron chi connectivity index (χ2n) is 7.47. The van der Waals surface area contributed by atoms with Crippen LogP contribution in [0.4, 0.5) is 5.69 Å². The number of benzene rings is 1. The highest BCUT2D eigenvalue weighted by Crippen LogP contribution is 2.44. The Labute approximate surface area is 164 Å². The number of ether oxygens (including phenoxy) is 1. The molecule has 2 N–H and O–H groups in total. The van der Waals surface area contributed by atoms with Crippen molar-refractivity contribution in [2.45, 2.75) is 36.6 Å². The molecule has 0 spiro atoms. The van der Waals surface area contributed by atoms with E-state index in [0.717, 1.165) is 19.3 Å². The Balaban J connectivity index is 1.56. The van der Waals surface area contributed by atoms with Gasteiger partial charge in [-0.15, -0.1) is 0 Å². The summed E-state index contributed by atoms with van der Waals surface area (Å²) in [4.78, 5) is 16.8. The molecule has 1 aromatic heterocycles. The van der Waals surface area contributed by atoms with E-state index in [0.29, 0.717) is 17.6 Å². The van der Waals surface area contributed by atoms with Gasteiger partial charge in [0, 0.05) is 12.1 Å². The molecular weight excluding hydrogens is 378 g/mol. The maximum Gasteiger partial charge on any atom is 0.262 e. The summed E-state index contributed by atoms with van der Waals surface area (Å²) in [5.74, 6) is 1.29. The van der Waals surface area contributed by atoms with Gasteiger partial charge in [0.15, 0.2) is 0 Å². The Bertz CT molecular complexity index is 992. The van der Waals surface area contributed by atoms with E-state index >= 15 is 0 Å². The van der Waals surface area contributed by atoms with Crippen molar-refractivity contribution >= 4 is 21.6 Å². The van der Waals surface area contributed by atoms with Crippen LogP contribution in [-0.4, -0.2) is 32.5 Å². The van der Waals surface area contributed by atoms with E-state index in [1.807, 2.05) is 0 Å². The lowest BCUT2D eigenvalue weighted by Gasteiger charge is -2.23. The first-order valence-corrected chi connectivity index (χ1v) is 10.9. The van der Waals surface area contributed by atoms with Crippen LogP contribution in [-0.2, 0) is 10.0 Å². The van der Waals surface area contributed by atoms with E-state index in [-0.39, 0.29) is 28.1 Å². The van der Waals surface area contributed by atoms with Crippen LogP contribution in [0.25, 0.3) is 0 Å². The molecule has 2 bridgehead atoms. The number of methoxy groups -OCH3 is 1. The zero-order valence-corrected chi connectivity index (χ0v) is 16.4. The normalized spacial score (nSPS) is 23.4. The fourth-order valence-electron chi connectivity index (χ4n) is 4.35. The number of anilines is 1. The van der Waals surface area contributed by atoms with Gasteiger partial charge in [-0.05, 0) is 43.2 Å². The Morgan fingerprint density at radius 3 is 2.71 bits per heavy atom. The van der Waals surface area contributed by atoms with E-state index in [1.54, 1.807) is 18.2 Å². The number of sulfonamides is 1. The van der Waals surface area contributed by atoms with Crippen LogP contribution in [0.1, 0.15) is 36.0 Å². The second kappa shape index (κ2) is 7.43.